The molecule has 1 N–H and O–H groups in total. The Balaban J connectivity index is 1.87. The second-order valence-electron chi connectivity index (χ2n) is 4.86. The second-order valence-corrected chi connectivity index (χ2v) is 4.86. The van der Waals surface area contributed by atoms with Gasteiger partial charge in [-0.1, -0.05) is 43.3 Å². The summed E-state index contributed by atoms with van der Waals surface area (Å²) in [6.07, 6.45) is 2.61. The highest BCUT2D eigenvalue weighted by atomic mass is 16.1. The molecule has 4 nitrogen and oxygen atoms in total. The van der Waals surface area contributed by atoms with Crippen LogP contribution < -0.4 is 5.32 Å². The molecule has 0 atom stereocenters. The smallest absolute Gasteiger partial charge is 0.270 e. The molecule has 0 bridgehead atoms. The lowest BCUT2D eigenvalue weighted by Gasteiger charge is -2.06. The number of hydrogen-bond donors (Lipinski definition) is 1. The maximum Gasteiger partial charge on any atom is 0.270 e. The number of hydrogen-bond acceptors (Lipinski definition) is 2. The number of benzene rings is 1. The Kier molecular flexibility index (Phi) is 3.69. The SMILES string of the molecule is CCc1nc2ccccn2c1C(=O)NCc1ccccc1. The van der Waals surface area contributed by atoms with Crippen molar-refractivity contribution in [2.75, 3.05) is 0 Å². The van der Waals surface area contributed by atoms with E-state index in [1.54, 1.807) is 0 Å². The van der Waals surface area contributed by atoms with Gasteiger partial charge in [0.15, 0.2) is 0 Å². The first-order valence-corrected chi connectivity index (χ1v) is 7.07. The van der Waals surface area contributed by atoms with E-state index in [2.05, 4.69) is 10.3 Å². The molecule has 0 spiro atoms. The van der Waals surface area contributed by atoms with Crippen LogP contribution in [0.3, 0.4) is 0 Å². The van der Waals surface area contributed by atoms with Gasteiger partial charge in [-0.3, -0.25) is 9.20 Å². The third-order valence-electron chi connectivity index (χ3n) is 3.45. The molecule has 0 saturated heterocycles. The molecule has 2 heterocycles. The molecule has 0 aliphatic carbocycles. The largest absolute Gasteiger partial charge is 0.347 e. The van der Waals surface area contributed by atoms with Crippen LogP contribution in [0.2, 0.25) is 0 Å². The van der Waals surface area contributed by atoms with E-state index in [4.69, 9.17) is 0 Å². The Morgan fingerprint density at radius 1 is 1.14 bits per heavy atom. The summed E-state index contributed by atoms with van der Waals surface area (Å²) in [6, 6.07) is 15.6. The molecule has 0 saturated carbocycles. The van der Waals surface area contributed by atoms with Gasteiger partial charge in [0.1, 0.15) is 11.3 Å². The van der Waals surface area contributed by atoms with Crippen LogP contribution >= 0.6 is 0 Å². The van der Waals surface area contributed by atoms with Crippen molar-refractivity contribution < 1.29 is 4.79 Å². The van der Waals surface area contributed by atoms with Gasteiger partial charge in [0.05, 0.1) is 5.69 Å². The molecule has 3 aromatic rings. The van der Waals surface area contributed by atoms with Crippen LogP contribution in [0.25, 0.3) is 5.65 Å². The van der Waals surface area contributed by atoms with E-state index in [-0.39, 0.29) is 5.91 Å². The Morgan fingerprint density at radius 2 is 1.90 bits per heavy atom. The highest BCUT2D eigenvalue weighted by Crippen LogP contribution is 2.13. The van der Waals surface area contributed by atoms with Crippen molar-refractivity contribution in [3.05, 3.63) is 71.7 Å². The number of amides is 1. The second kappa shape index (κ2) is 5.79. The number of nitrogens with zero attached hydrogens (tertiary/aromatic N) is 2. The molecule has 2 aromatic heterocycles. The highest BCUT2D eigenvalue weighted by molar-refractivity contribution is 5.94. The minimum absolute atomic E-state index is 0.0885. The average molecular weight is 279 g/mol. The molecule has 0 radical (unpaired) electrons. The van der Waals surface area contributed by atoms with Crippen LogP contribution in [-0.4, -0.2) is 15.3 Å². The summed E-state index contributed by atoms with van der Waals surface area (Å²) in [5, 5.41) is 2.97. The summed E-state index contributed by atoms with van der Waals surface area (Å²) in [7, 11) is 0. The van der Waals surface area contributed by atoms with E-state index >= 15 is 0 Å². The lowest BCUT2D eigenvalue weighted by Crippen LogP contribution is -2.25. The Morgan fingerprint density at radius 3 is 2.67 bits per heavy atom. The van der Waals surface area contributed by atoms with Crippen LogP contribution in [0.1, 0.15) is 28.7 Å². The topological polar surface area (TPSA) is 46.4 Å². The zero-order valence-corrected chi connectivity index (χ0v) is 11.9. The van der Waals surface area contributed by atoms with Crippen LogP contribution in [0.4, 0.5) is 0 Å². The third-order valence-corrected chi connectivity index (χ3v) is 3.45. The first-order chi connectivity index (χ1) is 10.3. The monoisotopic (exact) mass is 279 g/mol. The number of nitrogens with one attached hydrogen (secondary N) is 1. The van der Waals surface area contributed by atoms with Crippen molar-refractivity contribution in [1.82, 2.24) is 14.7 Å². The van der Waals surface area contributed by atoms with Crippen LogP contribution in [0.15, 0.2) is 54.7 Å². The van der Waals surface area contributed by atoms with Crippen LogP contribution in [0, 0.1) is 0 Å². The van der Waals surface area contributed by atoms with Crippen molar-refractivity contribution >= 4 is 11.6 Å². The van der Waals surface area contributed by atoms with E-state index in [1.165, 1.54) is 0 Å². The third kappa shape index (κ3) is 2.65. The lowest BCUT2D eigenvalue weighted by molar-refractivity contribution is 0.0944. The molecule has 106 valence electrons. The van der Waals surface area contributed by atoms with Crippen molar-refractivity contribution in [2.24, 2.45) is 0 Å². The van der Waals surface area contributed by atoms with Crippen LogP contribution in [0.5, 0.6) is 0 Å². The summed E-state index contributed by atoms with van der Waals surface area (Å²) in [4.78, 5) is 17.0. The molecule has 1 amide bonds. The number of imidazole rings is 1. The minimum Gasteiger partial charge on any atom is -0.347 e. The molecule has 0 unspecified atom stereocenters. The van der Waals surface area contributed by atoms with Crippen LogP contribution in [-0.2, 0) is 13.0 Å². The maximum atomic E-state index is 12.5. The molecule has 21 heavy (non-hydrogen) atoms. The number of fused-ring (bicyclic) bond motifs is 1. The van der Waals surface area contributed by atoms with Gasteiger partial charge < -0.3 is 5.32 Å². The summed E-state index contributed by atoms with van der Waals surface area (Å²) in [5.41, 5.74) is 3.34. The Hall–Kier alpha value is -2.62. The molecule has 1 aromatic carbocycles. The highest BCUT2D eigenvalue weighted by Gasteiger charge is 2.17. The summed E-state index contributed by atoms with van der Waals surface area (Å²) < 4.78 is 1.85. The average Bonchev–Trinajstić information content (AvgIpc) is 2.92. The fraction of sp³-hybridized carbons (Fsp3) is 0.176. The minimum atomic E-state index is -0.0885. The van der Waals surface area contributed by atoms with Gasteiger partial charge in [0.25, 0.3) is 5.91 Å². The van der Waals surface area contributed by atoms with Gasteiger partial charge in [-0.25, -0.2) is 4.98 Å². The van der Waals surface area contributed by atoms with Gasteiger partial charge in [0, 0.05) is 12.7 Å². The number of rotatable bonds is 4. The molecule has 0 aliphatic heterocycles. The molecule has 4 heteroatoms. The van der Waals surface area contributed by atoms with Gasteiger partial charge in [0.2, 0.25) is 0 Å². The van der Waals surface area contributed by atoms with Crippen molar-refractivity contribution in [3.63, 3.8) is 0 Å². The maximum absolute atomic E-state index is 12.5. The van der Waals surface area contributed by atoms with Crippen molar-refractivity contribution in [2.45, 2.75) is 19.9 Å². The summed E-state index contributed by atoms with van der Waals surface area (Å²) in [5.74, 6) is -0.0885. The summed E-state index contributed by atoms with van der Waals surface area (Å²) >= 11 is 0. The number of aromatic nitrogens is 2. The van der Waals surface area contributed by atoms with Gasteiger partial charge in [-0.2, -0.15) is 0 Å². The normalized spacial score (nSPS) is 10.7. The Bertz CT molecular complexity index is 762. The number of pyridine rings is 1. The zero-order chi connectivity index (χ0) is 14.7. The molecular formula is C17H17N3O. The first kappa shape index (κ1) is 13.4. The Labute approximate surface area is 123 Å². The van der Waals surface area contributed by atoms with Gasteiger partial charge in [-0.05, 0) is 24.1 Å². The van der Waals surface area contributed by atoms with E-state index in [0.717, 1.165) is 23.3 Å². The fourth-order valence-electron chi connectivity index (χ4n) is 2.39. The van der Waals surface area contributed by atoms with Crippen molar-refractivity contribution in [1.29, 1.82) is 0 Å². The number of carbonyl (C=O) groups excluding carboxylic acids is 1. The zero-order valence-electron chi connectivity index (χ0n) is 11.9. The molecule has 0 fully saturated rings. The van der Waals surface area contributed by atoms with E-state index in [9.17, 15) is 4.79 Å². The van der Waals surface area contributed by atoms with Crippen molar-refractivity contribution in [3.8, 4) is 0 Å². The molecule has 3 rings (SSSR count). The number of aryl methyl sites for hydroxylation is 1. The number of carbonyl (C=O) groups is 1. The van der Waals surface area contributed by atoms with E-state index in [0.29, 0.717) is 12.2 Å². The lowest BCUT2D eigenvalue weighted by atomic mass is 10.2. The molecular weight excluding hydrogens is 262 g/mol. The first-order valence-electron chi connectivity index (χ1n) is 7.07. The fourth-order valence-corrected chi connectivity index (χ4v) is 2.39. The van der Waals surface area contributed by atoms with E-state index in [1.807, 2.05) is 66.1 Å². The standard InChI is InChI=1S/C17H17N3O/c1-2-14-16(20-11-7-6-10-15(20)19-14)17(21)18-12-13-8-4-3-5-9-13/h3-11H,2,12H2,1H3,(H,18,21). The predicted octanol–water partition coefficient (Wildman–Crippen LogP) is 2.83. The van der Waals surface area contributed by atoms with Gasteiger partial charge in [-0.15, -0.1) is 0 Å². The predicted molar refractivity (Wildman–Crippen MR) is 82.2 cm³/mol. The van der Waals surface area contributed by atoms with Gasteiger partial charge >= 0.3 is 0 Å². The van der Waals surface area contributed by atoms with E-state index < -0.39 is 0 Å². The summed E-state index contributed by atoms with van der Waals surface area (Å²) in [6.45, 7) is 2.53. The molecule has 0 aliphatic rings. The quantitative estimate of drug-likeness (QED) is 0.798.